The molecule has 0 spiro atoms. The lowest BCUT2D eigenvalue weighted by Crippen LogP contribution is -2.52. The highest BCUT2D eigenvalue weighted by Gasteiger charge is 2.44. The van der Waals surface area contributed by atoms with Gasteiger partial charge in [-0.25, -0.2) is 14.4 Å². The van der Waals surface area contributed by atoms with Gasteiger partial charge in [0.2, 0.25) is 23.6 Å². The second-order valence-electron chi connectivity index (χ2n) is 18.2. The molecule has 2 saturated carbocycles. The number of imide groups is 1. The van der Waals surface area contributed by atoms with Crippen molar-refractivity contribution in [1.82, 2.24) is 30.8 Å². The number of nitrogens with one attached hydrogen (secondary N) is 5. The largest absolute Gasteiger partial charge is 0.487 e. The summed E-state index contributed by atoms with van der Waals surface area (Å²) in [5.41, 5.74) is 1.84. The highest BCUT2D eigenvalue weighted by atomic mass is 35.5. The van der Waals surface area contributed by atoms with Gasteiger partial charge in [0.05, 0.1) is 62.6 Å². The van der Waals surface area contributed by atoms with Crippen molar-refractivity contribution in [1.29, 1.82) is 0 Å². The highest BCUT2D eigenvalue weighted by molar-refractivity contribution is 7.13. The predicted octanol–water partition coefficient (Wildman–Crippen LogP) is 6.48. The number of hydrogen-bond acceptors (Lipinski definition) is 14. The number of fused-ring (bicyclic) bond motifs is 1. The minimum Gasteiger partial charge on any atom is -0.487 e. The van der Waals surface area contributed by atoms with Crippen LogP contribution >= 0.6 is 22.9 Å². The molecule has 4 aliphatic rings. The van der Waals surface area contributed by atoms with Gasteiger partial charge in [0, 0.05) is 66.5 Å². The van der Waals surface area contributed by atoms with E-state index in [-0.39, 0.29) is 79.0 Å². The van der Waals surface area contributed by atoms with Crippen LogP contribution in [0.25, 0.3) is 0 Å². The maximum Gasteiger partial charge on any atom is 0.255 e. The smallest absolute Gasteiger partial charge is 0.255 e. The van der Waals surface area contributed by atoms with Crippen LogP contribution in [-0.2, 0) is 46.4 Å². The Kier molecular flexibility index (Phi) is 17.8. The number of amides is 5. The van der Waals surface area contributed by atoms with E-state index in [2.05, 4.69) is 31.6 Å². The number of carbonyl (C=O) groups is 5. The molecule has 0 radical (unpaired) electrons. The Morgan fingerprint density at radius 3 is 2.39 bits per heavy atom. The van der Waals surface area contributed by atoms with E-state index in [4.69, 9.17) is 35.5 Å². The van der Waals surface area contributed by atoms with Crippen molar-refractivity contribution >= 4 is 69.1 Å². The summed E-state index contributed by atoms with van der Waals surface area (Å²) >= 11 is 7.50. The molecule has 2 aliphatic heterocycles. The second-order valence-corrected chi connectivity index (χ2v) is 19.5. The van der Waals surface area contributed by atoms with Gasteiger partial charge in [-0.15, -0.1) is 11.3 Å². The van der Waals surface area contributed by atoms with Gasteiger partial charge in [0.25, 0.3) is 5.91 Å². The van der Waals surface area contributed by atoms with E-state index in [9.17, 15) is 28.4 Å². The van der Waals surface area contributed by atoms with E-state index in [0.29, 0.717) is 100 Å². The Bertz CT molecular complexity index is 2450. The summed E-state index contributed by atoms with van der Waals surface area (Å²) in [4.78, 5) is 74.3. The second kappa shape index (κ2) is 24.5. The third-order valence-electron chi connectivity index (χ3n) is 13.3. The molecule has 4 aromatic rings. The first-order valence-corrected chi connectivity index (χ1v) is 25.4. The van der Waals surface area contributed by atoms with Crippen molar-refractivity contribution in [2.24, 2.45) is 5.41 Å². The number of hydrogen-bond donors (Lipinski definition) is 5. The third kappa shape index (κ3) is 13.6. The molecule has 2 aromatic carbocycles. The van der Waals surface area contributed by atoms with Crippen molar-refractivity contribution in [2.45, 2.75) is 108 Å². The zero-order chi connectivity index (χ0) is 48.9. The molecule has 5 N–H and O–H groups in total. The van der Waals surface area contributed by atoms with E-state index in [1.165, 1.54) is 22.3 Å². The number of pyridine rings is 1. The standard InChI is InChI=1S/C50H60ClFN8O9S/c51-39-4-2-5-41(45(39)52)69-37-15-18-50(19-16-37,30-36-3-1-6-42(55-36)58-49-54-21-28-70-49)48(65)57-34-9-7-33(8-10-34)53-20-23-67-25-27-68-26-24-66-22-17-44(62)56-35-11-12-38-32(29-35)31-60(47(38)64)40-13-14-43(61)59-46(40)63/h1-6,11-12,21,28-29,33-34,37,40,53H,7-10,13-20,22-27,30-31H2,(H,56,62)(H,57,65)(H,54,55,58)(H,59,61,63). The van der Waals surface area contributed by atoms with Crippen LogP contribution in [0.3, 0.4) is 0 Å². The van der Waals surface area contributed by atoms with E-state index in [1.807, 2.05) is 23.6 Å². The zero-order valence-corrected chi connectivity index (χ0v) is 40.6. The first-order chi connectivity index (χ1) is 34.0. The summed E-state index contributed by atoms with van der Waals surface area (Å²) in [5.74, 6) is -1.06. The maximum absolute atomic E-state index is 14.7. The molecular formula is C50H60ClFN8O9S. The summed E-state index contributed by atoms with van der Waals surface area (Å²) in [6.45, 7) is 3.23. The number of anilines is 3. The lowest BCUT2D eigenvalue weighted by atomic mass is 9.69. The Morgan fingerprint density at radius 2 is 1.63 bits per heavy atom. The molecule has 5 amide bonds. The fourth-order valence-electron chi connectivity index (χ4n) is 9.59. The zero-order valence-electron chi connectivity index (χ0n) is 39.0. The average molecular weight is 1000 g/mol. The van der Waals surface area contributed by atoms with Crippen LogP contribution in [0.5, 0.6) is 5.75 Å². The van der Waals surface area contributed by atoms with Crippen LogP contribution in [0.4, 0.5) is 21.0 Å². The molecule has 1 unspecified atom stereocenters. The van der Waals surface area contributed by atoms with Gasteiger partial charge in [0.15, 0.2) is 16.7 Å². The van der Waals surface area contributed by atoms with Crippen LogP contribution < -0.4 is 31.3 Å². The van der Waals surface area contributed by atoms with E-state index >= 15 is 0 Å². The maximum atomic E-state index is 14.7. The summed E-state index contributed by atoms with van der Waals surface area (Å²) < 4.78 is 37.8. The van der Waals surface area contributed by atoms with Gasteiger partial charge in [0.1, 0.15) is 11.9 Å². The summed E-state index contributed by atoms with van der Waals surface area (Å²) in [6.07, 6.45) is 8.44. The minimum atomic E-state index is -0.702. The van der Waals surface area contributed by atoms with Gasteiger partial charge >= 0.3 is 0 Å². The van der Waals surface area contributed by atoms with Crippen LogP contribution in [0.2, 0.25) is 5.02 Å². The average Bonchev–Trinajstić information content (AvgIpc) is 3.98. The van der Waals surface area contributed by atoms with Crippen LogP contribution in [-0.4, -0.2) is 115 Å². The van der Waals surface area contributed by atoms with Gasteiger partial charge in [-0.05, 0) is 106 Å². The molecule has 374 valence electrons. The summed E-state index contributed by atoms with van der Waals surface area (Å²) in [6, 6.07) is 15.3. The Balaban J connectivity index is 0.679. The molecule has 2 aliphatic carbocycles. The number of carbonyl (C=O) groups excluding carboxylic acids is 5. The fraction of sp³-hybridized carbons (Fsp3) is 0.500. The fourth-order valence-corrected chi connectivity index (χ4v) is 10.3. The van der Waals surface area contributed by atoms with Gasteiger partial charge in [-0.3, -0.25) is 29.3 Å². The van der Waals surface area contributed by atoms with Crippen molar-refractivity contribution in [3.05, 3.63) is 93.8 Å². The Morgan fingerprint density at radius 1 is 0.886 bits per heavy atom. The lowest BCUT2D eigenvalue weighted by Gasteiger charge is -2.40. The molecule has 2 aromatic heterocycles. The molecule has 1 atom stereocenters. The lowest BCUT2D eigenvalue weighted by molar-refractivity contribution is -0.137. The first kappa shape index (κ1) is 50.8. The van der Waals surface area contributed by atoms with E-state index in [0.717, 1.165) is 36.5 Å². The minimum absolute atomic E-state index is 0.0138. The van der Waals surface area contributed by atoms with Crippen molar-refractivity contribution in [2.75, 3.05) is 56.8 Å². The molecule has 4 heterocycles. The van der Waals surface area contributed by atoms with E-state index in [1.54, 1.807) is 36.5 Å². The summed E-state index contributed by atoms with van der Waals surface area (Å²) in [7, 11) is 0. The quantitative estimate of drug-likeness (QED) is 0.0399. The van der Waals surface area contributed by atoms with Crippen molar-refractivity contribution in [3.8, 4) is 5.75 Å². The van der Waals surface area contributed by atoms with E-state index < -0.39 is 23.2 Å². The third-order valence-corrected chi connectivity index (χ3v) is 14.3. The van der Waals surface area contributed by atoms with Crippen LogP contribution in [0, 0.1) is 11.2 Å². The molecule has 3 fully saturated rings. The number of thiazole rings is 1. The van der Waals surface area contributed by atoms with Crippen molar-refractivity contribution in [3.63, 3.8) is 0 Å². The molecule has 1 saturated heterocycles. The van der Waals surface area contributed by atoms with Gasteiger partial charge < -0.3 is 45.1 Å². The number of ether oxygens (including phenoxy) is 4. The molecule has 20 heteroatoms. The van der Waals surface area contributed by atoms with Gasteiger partial charge in [-0.1, -0.05) is 23.7 Å². The molecule has 8 rings (SSSR count). The topological polar surface area (TPSA) is 211 Å². The molecule has 17 nitrogen and oxygen atoms in total. The molecule has 70 heavy (non-hydrogen) atoms. The van der Waals surface area contributed by atoms with Crippen LogP contribution in [0.15, 0.2) is 66.2 Å². The number of piperidine rings is 1. The van der Waals surface area contributed by atoms with Crippen molar-refractivity contribution < 1.29 is 47.3 Å². The Hall–Kier alpha value is -5.57. The number of benzene rings is 2. The first-order valence-electron chi connectivity index (χ1n) is 24.1. The predicted molar refractivity (Wildman–Crippen MR) is 260 cm³/mol. The van der Waals surface area contributed by atoms with Crippen LogP contribution in [0.1, 0.15) is 92.2 Å². The number of aromatic nitrogens is 2. The molecule has 0 bridgehead atoms. The molecular weight excluding hydrogens is 943 g/mol. The normalized spacial score (nSPS) is 22.3. The number of nitrogens with zero attached hydrogens (tertiary/aromatic N) is 3. The number of rotatable bonds is 23. The number of halogens is 2. The van der Waals surface area contributed by atoms with Gasteiger partial charge in [-0.2, -0.15) is 0 Å². The summed E-state index contributed by atoms with van der Waals surface area (Å²) in [5, 5.41) is 18.0. The highest BCUT2D eigenvalue weighted by Crippen LogP contribution is 2.42. The SMILES string of the molecule is O=C1CCC(N2Cc3cc(NC(=O)CCOCCOCCOCCNC4CCC(NC(=O)C5(Cc6cccc(Nc7nccs7)n6)CCC(Oc6cccc(Cl)c6F)CC5)CC4)ccc3C2=O)C(=O)N1. The Labute approximate surface area is 415 Å². The monoisotopic (exact) mass is 1000 g/mol.